The lowest BCUT2D eigenvalue weighted by Gasteiger charge is -2.21. The van der Waals surface area contributed by atoms with Crippen molar-refractivity contribution in [1.82, 2.24) is 14.8 Å². The molecule has 4 heteroatoms. The van der Waals surface area contributed by atoms with Crippen molar-refractivity contribution in [2.24, 2.45) is 5.73 Å². The third kappa shape index (κ3) is 3.50. The largest absolute Gasteiger partial charge is 0.322 e. The summed E-state index contributed by atoms with van der Waals surface area (Å²) in [6, 6.07) is 8.60. The summed E-state index contributed by atoms with van der Waals surface area (Å²) < 4.78 is 2.14. The standard InChI is InChI=1S/C17H24N4/c1-13-6-5-9-17(19-13)16(18)12-14-10-11-21(20-14)15-7-3-2-4-8-15/h5-6,9-11,15-16H,2-4,7-8,12,18H2,1H3. The molecule has 0 amide bonds. The molecule has 1 fully saturated rings. The Kier molecular flexibility index (Phi) is 4.34. The van der Waals surface area contributed by atoms with E-state index in [1.165, 1.54) is 32.1 Å². The fraction of sp³-hybridized carbons (Fsp3) is 0.529. The first-order valence-electron chi connectivity index (χ1n) is 7.95. The van der Waals surface area contributed by atoms with Crippen LogP contribution in [0.4, 0.5) is 0 Å². The smallest absolute Gasteiger partial charge is 0.0644 e. The van der Waals surface area contributed by atoms with Gasteiger partial charge in [-0.3, -0.25) is 9.67 Å². The molecule has 0 saturated heterocycles. The van der Waals surface area contributed by atoms with Crippen molar-refractivity contribution < 1.29 is 0 Å². The molecule has 3 rings (SSSR count). The van der Waals surface area contributed by atoms with Crippen molar-refractivity contribution in [3.8, 4) is 0 Å². The van der Waals surface area contributed by atoms with Gasteiger partial charge in [-0.15, -0.1) is 0 Å². The van der Waals surface area contributed by atoms with Gasteiger partial charge >= 0.3 is 0 Å². The molecule has 0 aliphatic heterocycles. The molecule has 1 atom stereocenters. The summed E-state index contributed by atoms with van der Waals surface area (Å²) >= 11 is 0. The summed E-state index contributed by atoms with van der Waals surface area (Å²) in [5.74, 6) is 0. The second kappa shape index (κ2) is 6.39. The third-order valence-corrected chi connectivity index (χ3v) is 4.33. The molecule has 4 nitrogen and oxygen atoms in total. The first-order valence-corrected chi connectivity index (χ1v) is 7.95. The van der Waals surface area contributed by atoms with Crippen molar-refractivity contribution >= 4 is 0 Å². The van der Waals surface area contributed by atoms with Crippen LogP contribution >= 0.6 is 0 Å². The predicted molar refractivity (Wildman–Crippen MR) is 84.0 cm³/mol. The predicted octanol–water partition coefficient (Wildman–Crippen LogP) is 3.33. The molecule has 2 heterocycles. The van der Waals surface area contributed by atoms with Gasteiger partial charge in [0, 0.05) is 18.3 Å². The Hall–Kier alpha value is -1.68. The van der Waals surface area contributed by atoms with Crippen LogP contribution in [0.2, 0.25) is 0 Å². The maximum absolute atomic E-state index is 6.27. The Labute approximate surface area is 126 Å². The third-order valence-electron chi connectivity index (χ3n) is 4.33. The van der Waals surface area contributed by atoms with E-state index in [0.717, 1.165) is 23.5 Å². The van der Waals surface area contributed by atoms with Crippen molar-refractivity contribution in [2.45, 2.75) is 57.5 Å². The summed E-state index contributed by atoms with van der Waals surface area (Å²) in [4.78, 5) is 4.51. The Balaban J connectivity index is 1.66. The number of aryl methyl sites for hydroxylation is 1. The maximum Gasteiger partial charge on any atom is 0.0644 e. The molecule has 21 heavy (non-hydrogen) atoms. The average Bonchev–Trinajstić information content (AvgIpc) is 2.97. The minimum absolute atomic E-state index is 0.0837. The first kappa shape index (κ1) is 14.3. The Bertz CT molecular complexity index is 584. The lowest BCUT2D eigenvalue weighted by Crippen LogP contribution is -2.17. The molecule has 2 aromatic heterocycles. The van der Waals surface area contributed by atoms with Gasteiger partial charge in [0.05, 0.1) is 23.5 Å². The summed E-state index contributed by atoms with van der Waals surface area (Å²) in [6.07, 6.45) is 9.39. The molecule has 1 saturated carbocycles. The van der Waals surface area contributed by atoms with Gasteiger partial charge in [-0.2, -0.15) is 5.10 Å². The van der Waals surface area contributed by atoms with Gasteiger partial charge < -0.3 is 5.73 Å². The zero-order valence-corrected chi connectivity index (χ0v) is 12.7. The Morgan fingerprint density at radius 2 is 2.05 bits per heavy atom. The molecule has 0 radical (unpaired) electrons. The molecular formula is C17H24N4. The van der Waals surface area contributed by atoms with Gasteiger partial charge in [0.1, 0.15) is 0 Å². The second-order valence-corrected chi connectivity index (χ2v) is 6.09. The highest BCUT2D eigenvalue weighted by molar-refractivity contribution is 5.15. The van der Waals surface area contributed by atoms with Gasteiger partial charge in [0.2, 0.25) is 0 Å². The van der Waals surface area contributed by atoms with Crippen LogP contribution < -0.4 is 5.73 Å². The first-order chi connectivity index (χ1) is 10.2. The lowest BCUT2D eigenvalue weighted by atomic mass is 9.96. The highest BCUT2D eigenvalue weighted by Crippen LogP contribution is 2.27. The monoisotopic (exact) mass is 284 g/mol. The number of rotatable bonds is 4. The highest BCUT2D eigenvalue weighted by atomic mass is 15.3. The fourth-order valence-electron chi connectivity index (χ4n) is 3.14. The Morgan fingerprint density at radius 1 is 1.24 bits per heavy atom. The highest BCUT2D eigenvalue weighted by Gasteiger charge is 2.17. The summed E-state index contributed by atoms with van der Waals surface area (Å²) in [5, 5.41) is 4.73. The quantitative estimate of drug-likeness (QED) is 0.937. The Morgan fingerprint density at radius 3 is 2.81 bits per heavy atom. The SMILES string of the molecule is Cc1cccc(C(N)Cc2ccn(C3CCCCC3)n2)n1. The molecule has 1 unspecified atom stereocenters. The van der Waals surface area contributed by atoms with Gasteiger partial charge in [0.15, 0.2) is 0 Å². The zero-order chi connectivity index (χ0) is 14.7. The van der Waals surface area contributed by atoms with Crippen LogP contribution in [0.5, 0.6) is 0 Å². The molecule has 1 aliphatic rings. The molecule has 1 aliphatic carbocycles. The minimum atomic E-state index is -0.0837. The number of nitrogens with zero attached hydrogens (tertiary/aromatic N) is 3. The maximum atomic E-state index is 6.27. The van der Waals surface area contributed by atoms with E-state index in [0.29, 0.717) is 6.04 Å². The summed E-state index contributed by atoms with van der Waals surface area (Å²) in [6.45, 7) is 1.99. The van der Waals surface area contributed by atoms with Crippen LogP contribution in [0.25, 0.3) is 0 Å². The van der Waals surface area contributed by atoms with Crippen LogP contribution in [-0.4, -0.2) is 14.8 Å². The number of hydrogen-bond donors (Lipinski definition) is 1. The number of nitrogens with two attached hydrogens (primary N) is 1. The molecule has 112 valence electrons. The molecular weight excluding hydrogens is 260 g/mol. The van der Waals surface area contributed by atoms with Gasteiger partial charge in [0.25, 0.3) is 0 Å². The van der Waals surface area contributed by atoms with Gasteiger partial charge in [-0.1, -0.05) is 25.3 Å². The summed E-state index contributed by atoms with van der Waals surface area (Å²) in [7, 11) is 0. The average molecular weight is 284 g/mol. The van der Waals surface area contributed by atoms with Gasteiger partial charge in [-0.05, 0) is 38.0 Å². The van der Waals surface area contributed by atoms with Crippen molar-refractivity contribution in [3.63, 3.8) is 0 Å². The van der Waals surface area contributed by atoms with E-state index in [-0.39, 0.29) is 6.04 Å². The van der Waals surface area contributed by atoms with E-state index >= 15 is 0 Å². The number of aromatic nitrogens is 3. The van der Waals surface area contributed by atoms with Crippen molar-refractivity contribution in [2.75, 3.05) is 0 Å². The molecule has 0 aromatic carbocycles. The topological polar surface area (TPSA) is 56.7 Å². The second-order valence-electron chi connectivity index (χ2n) is 6.09. The number of hydrogen-bond acceptors (Lipinski definition) is 3. The zero-order valence-electron chi connectivity index (χ0n) is 12.7. The van der Waals surface area contributed by atoms with Crippen LogP contribution in [0, 0.1) is 6.92 Å². The van der Waals surface area contributed by atoms with Crippen LogP contribution in [0.3, 0.4) is 0 Å². The van der Waals surface area contributed by atoms with E-state index < -0.39 is 0 Å². The van der Waals surface area contributed by atoms with Crippen molar-refractivity contribution in [3.05, 3.63) is 47.5 Å². The normalized spacial score (nSPS) is 17.8. The van der Waals surface area contributed by atoms with Crippen LogP contribution in [0.1, 0.15) is 61.3 Å². The fourth-order valence-corrected chi connectivity index (χ4v) is 3.14. The molecule has 2 N–H and O–H groups in total. The van der Waals surface area contributed by atoms with E-state index in [4.69, 9.17) is 10.8 Å². The lowest BCUT2D eigenvalue weighted by molar-refractivity contribution is 0.328. The van der Waals surface area contributed by atoms with E-state index in [2.05, 4.69) is 21.9 Å². The molecule has 0 bridgehead atoms. The van der Waals surface area contributed by atoms with E-state index in [1.807, 2.05) is 25.1 Å². The molecule has 2 aromatic rings. The summed E-state index contributed by atoms with van der Waals surface area (Å²) in [5.41, 5.74) is 9.29. The van der Waals surface area contributed by atoms with Gasteiger partial charge in [-0.25, -0.2) is 0 Å². The van der Waals surface area contributed by atoms with E-state index in [1.54, 1.807) is 0 Å². The minimum Gasteiger partial charge on any atom is -0.322 e. The molecule has 0 spiro atoms. The van der Waals surface area contributed by atoms with Crippen molar-refractivity contribution in [1.29, 1.82) is 0 Å². The van der Waals surface area contributed by atoms with Crippen LogP contribution in [0.15, 0.2) is 30.5 Å². The number of pyridine rings is 1. The van der Waals surface area contributed by atoms with Crippen LogP contribution in [-0.2, 0) is 6.42 Å². The van der Waals surface area contributed by atoms with E-state index in [9.17, 15) is 0 Å².